The summed E-state index contributed by atoms with van der Waals surface area (Å²) < 4.78 is 13.5. The number of amides is 2. The maximum atomic E-state index is 13.5. The lowest BCUT2D eigenvalue weighted by atomic mass is 10.1. The van der Waals surface area contributed by atoms with Crippen LogP contribution in [0.1, 0.15) is 17.3 Å². The van der Waals surface area contributed by atoms with E-state index in [0.29, 0.717) is 11.3 Å². The Morgan fingerprint density at radius 2 is 1.86 bits per heavy atom. The van der Waals surface area contributed by atoms with E-state index in [4.69, 9.17) is 5.73 Å². The Labute approximate surface area is 127 Å². The topological polar surface area (TPSA) is 84.2 Å². The van der Waals surface area contributed by atoms with E-state index in [1.165, 1.54) is 12.1 Å². The highest BCUT2D eigenvalue weighted by atomic mass is 19.1. The number of anilines is 2. The number of primary amides is 1. The van der Waals surface area contributed by atoms with Gasteiger partial charge in [-0.1, -0.05) is 18.2 Å². The largest absolute Gasteiger partial charge is 0.374 e. The lowest BCUT2D eigenvalue weighted by Gasteiger charge is -2.16. The van der Waals surface area contributed by atoms with Crippen molar-refractivity contribution in [1.29, 1.82) is 0 Å². The molecule has 0 bridgehead atoms. The highest BCUT2D eigenvalue weighted by Crippen LogP contribution is 2.15. The van der Waals surface area contributed by atoms with Crippen molar-refractivity contribution < 1.29 is 14.0 Å². The van der Waals surface area contributed by atoms with E-state index in [-0.39, 0.29) is 5.69 Å². The smallest absolute Gasteiger partial charge is 0.248 e. The van der Waals surface area contributed by atoms with Gasteiger partial charge in [-0.05, 0) is 37.3 Å². The van der Waals surface area contributed by atoms with Crippen LogP contribution in [-0.2, 0) is 4.79 Å². The Morgan fingerprint density at radius 3 is 2.55 bits per heavy atom. The molecule has 2 amide bonds. The van der Waals surface area contributed by atoms with Crippen molar-refractivity contribution in [2.75, 3.05) is 10.6 Å². The van der Waals surface area contributed by atoms with E-state index in [9.17, 15) is 14.0 Å². The first kappa shape index (κ1) is 15.5. The Morgan fingerprint density at radius 1 is 1.14 bits per heavy atom. The SMILES string of the molecule is CC(Nc1cccc(C(N)=O)c1)C(=O)Nc1ccccc1F. The number of nitrogens with two attached hydrogens (primary N) is 1. The van der Waals surface area contributed by atoms with E-state index in [1.807, 2.05) is 0 Å². The maximum absolute atomic E-state index is 13.5. The van der Waals surface area contributed by atoms with Gasteiger partial charge in [0.2, 0.25) is 11.8 Å². The van der Waals surface area contributed by atoms with Crippen LogP contribution in [-0.4, -0.2) is 17.9 Å². The first-order chi connectivity index (χ1) is 10.5. The summed E-state index contributed by atoms with van der Waals surface area (Å²) in [5.41, 5.74) is 6.24. The molecule has 2 rings (SSSR count). The van der Waals surface area contributed by atoms with Crippen LogP contribution in [0.2, 0.25) is 0 Å². The van der Waals surface area contributed by atoms with Crippen LogP contribution in [0.4, 0.5) is 15.8 Å². The lowest BCUT2D eigenvalue weighted by molar-refractivity contribution is -0.116. The summed E-state index contributed by atoms with van der Waals surface area (Å²) in [6, 6.07) is 11.8. The van der Waals surface area contributed by atoms with Crippen LogP contribution in [0, 0.1) is 5.82 Å². The molecule has 6 heteroatoms. The molecule has 0 aromatic heterocycles. The van der Waals surface area contributed by atoms with Gasteiger partial charge >= 0.3 is 0 Å². The molecule has 0 saturated carbocycles. The van der Waals surface area contributed by atoms with Gasteiger partial charge in [0.25, 0.3) is 0 Å². The molecule has 0 aliphatic rings. The third-order valence-electron chi connectivity index (χ3n) is 3.06. The number of hydrogen-bond donors (Lipinski definition) is 3. The predicted molar refractivity (Wildman–Crippen MR) is 83.1 cm³/mol. The van der Waals surface area contributed by atoms with Crippen molar-refractivity contribution in [3.8, 4) is 0 Å². The fraction of sp³-hybridized carbons (Fsp3) is 0.125. The first-order valence-electron chi connectivity index (χ1n) is 6.69. The van der Waals surface area contributed by atoms with Crippen LogP contribution >= 0.6 is 0 Å². The number of para-hydroxylation sites is 1. The van der Waals surface area contributed by atoms with Gasteiger partial charge in [-0.25, -0.2) is 4.39 Å². The second-order valence-corrected chi connectivity index (χ2v) is 4.78. The van der Waals surface area contributed by atoms with Crippen LogP contribution in [0.3, 0.4) is 0 Å². The number of halogens is 1. The van der Waals surface area contributed by atoms with Crippen LogP contribution in [0.15, 0.2) is 48.5 Å². The van der Waals surface area contributed by atoms with Gasteiger partial charge in [0, 0.05) is 11.3 Å². The van der Waals surface area contributed by atoms with Crippen LogP contribution < -0.4 is 16.4 Å². The van der Waals surface area contributed by atoms with Crippen molar-refractivity contribution in [3.63, 3.8) is 0 Å². The third-order valence-corrected chi connectivity index (χ3v) is 3.06. The van der Waals surface area contributed by atoms with Crippen molar-refractivity contribution in [1.82, 2.24) is 0 Å². The molecule has 1 unspecified atom stereocenters. The molecule has 2 aromatic rings. The van der Waals surface area contributed by atoms with Crippen LogP contribution in [0.25, 0.3) is 0 Å². The molecular formula is C16H16FN3O2. The summed E-state index contributed by atoms with van der Waals surface area (Å²) in [5, 5.41) is 5.43. The summed E-state index contributed by atoms with van der Waals surface area (Å²) >= 11 is 0. The number of benzene rings is 2. The Kier molecular flexibility index (Phi) is 4.73. The van der Waals surface area contributed by atoms with Crippen molar-refractivity contribution >= 4 is 23.2 Å². The summed E-state index contributed by atoms with van der Waals surface area (Å²) in [7, 11) is 0. The van der Waals surface area contributed by atoms with E-state index in [1.54, 1.807) is 43.3 Å². The number of carbonyl (C=O) groups excluding carboxylic acids is 2. The van der Waals surface area contributed by atoms with E-state index < -0.39 is 23.7 Å². The van der Waals surface area contributed by atoms with E-state index >= 15 is 0 Å². The normalized spacial score (nSPS) is 11.5. The zero-order valence-electron chi connectivity index (χ0n) is 12.0. The third kappa shape index (κ3) is 3.82. The predicted octanol–water partition coefficient (Wildman–Crippen LogP) is 2.36. The molecule has 0 aliphatic carbocycles. The quantitative estimate of drug-likeness (QED) is 0.792. The molecule has 0 spiro atoms. The molecule has 1 atom stereocenters. The molecule has 22 heavy (non-hydrogen) atoms. The molecule has 114 valence electrons. The molecule has 4 N–H and O–H groups in total. The van der Waals surface area contributed by atoms with Gasteiger partial charge in [-0.2, -0.15) is 0 Å². The second-order valence-electron chi connectivity index (χ2n) is 4.78. The molecule has 0 aliphatic heterocycles. The van der Waals surface area contributed by atoms with Gasteiger partial charge in [-0.15, -0.1) is 0 Å². The van der Waals surface area contributed by atoms with Crippen molar-refractivity contribution in [2.24, 2.45) is 5.73 Å². The van der Waals surface area contributed by atoms with Gasteiger partial charge < -0.3 is 16.4 Å². The average Bonchev–Trinajstić information content (AvgIpc) is 2.49. The molecular weight excluding hydrogens is 285 g/mol. The minimum absolute atomic E-state index is 0.118. The zero-order chi connectivity index (χ0) is 16.1. The molecule has 0 saturated heterocycles. The van der Waals surface area contributed by atoms with Gasteiger partial charge in [0.15, 0.2) is 0 Å². The monoisotopic (exact) mass is 301 g/mol. The van der Waals surface area contributed by atoms with E-state index in [0.717, 1.165) is 0 Å². The molecule has 0 radical (unpaired) electrons. The molecule has 0 fully saturated rings. The Bertz CT molecular complexity index is 703. The minimum atomic E-state index is -0.622. The first-order valence-corrected chi connectivity index (χ1v) is 6.69. The van der Waals surface area contributed by atoms with E-state index in [2.05, 4.69) is 10.6 Å². The molecule has 5 nitrogen and oxygen atoms in total. The lowest BCUT2D eigenvalue weighted by Crippen LogP contribution is -2.32. The van der Waals surface area contributed by atoms with Crippen LogP contribution in [0.5, 0.6) is 0 Å². The van der Waals surface area contributed by atoms with Gasteiger partial charge in [-0.3, -0.25) is 9.59 Å². The standard InChI is InChI=1S/C16H16FN3O2/c1-10(16(22)20-14-8-3-2-7-13(14)17)19-12-6-4-5-11(9-12)15(18)21/h2-10,19H,1H3,(H2,18,21)(H,20,22). The highest BCUT2D eigenvalue weighted by Gasteiger charge is 2.14. The molecule has 0 heterocycles. The summed E-state index contributed by atoms with van der Waals surface area (Å²) in [6.45, 7) is 1.63. The number of hydrogen-bond acceptors (Lipinski definition) is 3. The number of nitrogens with one attached hydrogen (secondary N) is 2. The fourth-order valence-electron chi connectivity index (χ4n) is 1.88. The fourth-order valence-corrected chi connectivity index (χ4v) is 1.88. The molecule has 2 aromatic carbocycles. The Balaban J connectivity index is 2.04. The minimum Gasteiger partial charge on any atom is -0.374 e. The van der Waals surface area contributed by atoms with Gasteiger partial charge in [0.05, 0.1) is 5.69 Å². The summed E-state index contributed by atoms with van der Waals surface area (Å²) in [5.74, 6) is -1.44. The summed E-state index contributed by atoms with van der Waals surface area (Å²) in [4.78, 5) is 23.2. The van der Waals surface area contributed by atoms with Crippen molar-refractivity contribution in [2.45, 2.75) is 13.0 Å². The average molecular weight is 301 g/mol. The number of carbonyl (C=O) groups is 2. The van der Waals surface area contributed by atoms with Gasteiger partial charge in [0.1, 0.15) is 11.9 Å². The summed E-state index contributed by atoms with van der Waals surface area (Å²) in [6.07, 6.45) is 0. The number of rotatable bonds is 5. The maximum Gasteiger partial charge on any atom is 0.248 e. The second kappa shape index (κ2) is 6.71. The Hall–Kier alpha value is -2.89. The zero-order valence-corrected chi connectivity index (χ0v) is 12.0. The highest BCUT2D eigenvalue weighted by molar-refractivity contribution is 5.97. The van der Waals surface area contributed by atoms with Crippen molar-refractivity contribution in [3.05, 3.63) is 59.9 Å².